The first-order chi connectivity index (χ1) is 14.4. The summed E-state index contributed by atoms with van der Waals surface area (Å²) in [5.74, 6) is 0.598. The maximum atomic E-state index is 12.3. The molecule has 0 bridgehead atoms. The van der Waals surface area contributed by atoms with Crippen LogP contribution in [-0.4, -0.2) is 11.7 Å². The van der Waals surface area contributed by atoms with E-state index in [-0.39, 0.29) is 18.1 Å². The molecule has 0 unspecified atom stereocenters. The number of anilines is 1. The van der Waals surface area contributed by atoms with Crippen molar-refractivity contribution in [1.29, 1.82) is 0 Å². The van der Waals surface area contributed by atoms with Gasteiger partial charge in [-0.1, -0.05) is 44.0 Å². The van der Waals surface area contributed by atoms with E-state index >= 15 is 0 Å². The van der Waals surface area contributed by atoms with E-state index in [1.165, 1.54) is 25.3 Å². The highest BCUT2D eigenvalue weighted by Gasteiger charge is 2.15. The van der Waals surface area contributed by atoms with E-state index in [0.29, 0.717) is 16.7 Å². The summed E-state index contributed by atoms with van der Waals surface area (Å²) in [4.78, 5) is 12.3. The first kappa shape index (κ1) is 23.6. The molecule has 30 heavy (non-hydrogen) atoms. The SMILES string of the molecule is CCCCCN.Cc1cc([C@@H](C)Nc2ccccc2CO)c2oc(C)cc(=O)c2c1. The second-order valence-electron chi connectivity index (χ2n) is 7.63. The fraction of sp³-hybridized carbons (Fsp3) is 0.400. The van der Waals surface area contributed by atoms with E-state index in [0.717, 1.165) is 28.9 Å². The molecule has 0 saturated carbocycles. The van der Waals surface area contributed by atoms with Crippen molar-refractivity contribution in [3.8, 4) is 0 Å². The number of aryl methyl sites for hydroxylation is 2. The number of aliphatic hydroxyl groups excluding tert-OH is 1. The third-order valence-electron chi connectivity index (χ3n) is 4.96. The molecule has 1 heterocycles. The van der Waals surface area contributed by atoms with Gasteiger partial charge in [-0.3, -0.25) is 4.79 Å². The van der Waals surface area contributed by atoms with E-state index in [4.69, 9.17) is 10.2 Å². The molecule has 162 valence electrons. The van der Waals surface area contributed by atoms with Crippen molar-refractivity contribution in [2.45, 2.75) is 59.6 Å². The Kier molecular flexibility index (Phi) is 9.09. The molecule has 3 aromatic rings. The number of unbranched alkanes of at least 4 members (excludes halogenated alkanes) is 2. The first-order valence-electron chi connectivity index (χ1n) is 10.6. The fourth-order valence-electron chi connectivity index (χ4n) is 3.38. The van der Waals surface area contributed by atoms with E-state index in [2.05, 4.69) is 12.2 Å². The molecule has 0 saturated heterocycles. The second-order valence-corrected chi connectivity index (χ2v) is 7.63. The van der Waals surface area contributed by atoms with Crippen molar-refractivity contribution in [2.24, 2.45) is 5.73 Å². The first-order valence-corrected chi connectivity index (χ1v) is 10.6. The minimum atomic E-state index is -0.0787. The highest BCUT2D eigenvalue weighted by molar-refractivity contribution is 5.81. The molecule has 0 aliphatic heterocycles. The molecule has 0 fully saturated rings. The van der Waals surface area contributed by atoms with Gasteiger partial charge in [0.25, 0.3) is 0 Å². The zero-order valence-electron chi connectivity index (χ0n) is 18.5. The predicted molar refractivity (Wildman–Crippen MR) is 125 cm³/mol. The van der Waals surface area contributed by atoms with Gasteiger partial charge in [-0.05, 0) is 51.4 Å². The van der Waals surface area contributed by atoms with Crippen LogP contribution in [0.3, 0.4) is 0 Å². The quantitative estimate of drug-likeness (QED) is 0.465. The molecule has 5 heteroatoms. The minimum Gasteiger partial charge on any atom is -0.461 e. The van der Waals surface area contributed by atoms with E-state index in [9.17, 15) is 9.90 Å². The van der Waals surface area contributed by atoms with Gasteiger partial charge >= 0.3 is 0 Å². The zero-order chi connectivity index (χ0) is 22.1. The molecule has 2 aromatic carbocycles. The van der Waals surface area contributed by atoms with Crippen LogP contribution in [0.4, 0.5) is 5.69 Å². The second kappa shape index (κ2) is 11.5. The summed E-state index contributed by atoms with van der Waals surface area (Å²) in [7, 11) is 0. The Morgan fingerprint density at radius 1 is 1.13 bits per heavy atom. The van der Waals surface area contributed by atoms with Crippen LogP contribution in [-0.2, 0) is 6.61 Å². The van der Waals surface area contributed by atoms with Gasteiger partial charge in [-0.15, -0.1) is 0 Å². The minimum absolute atomic E-state index is 0.0262. The molecule has 0 aliphatic rings. The number of rotatable bonds is 7. The van der Waals surface area contributed by atoms with Gasteiger partial charge in [0.1, 0.15) is 11.3 Å². The average Bonchev–Trinajstić information content (AvgIpc) is 2.73. The molecule has 1 atom stereocenters. The van der Waals surface area contributed by atoms with Crippen LogP contribution in [0.25, 0.3) is 11.0 Å². The van der Waals surface area contributed by atoms with E-state index in [1.807, 2.05) is 50.2 Å². The summed E-state index contributed by atoms with van der Waals surface area (Å²) in [5.41, 5.74) is 9.45. The maximum Gasteiger partial charge on any atom is 0.192 e. The lowest BCUT2D eigenvalue weighted by Gasteiger charge is -2.19. The van der Waals surface area contributed by atoms with Gasteiger partial charge in [-0.2, -0.15) is 0 Å². The Morgan fingerprint density at radius 3 is 2.50 bits per heavy atom. The van der Waals surface area contributed by atoms with Crippen LogP contribution in [0.2, 0.25) is 0 Å². The third kappa shape index (κ3) is 6.18. The van der Waals surface area contributed by atoms with Crippen LogP contribution in [0.15, 0.2) is 51.7 Å². The molecule has 1 aromatic heterocycles. The van der Waals surface area contributed by atoms with Gasteiger partial charge in [0, 0.05) is 22.9 Å². The lowest BCUT2D eigenvalue weighted by molar-refractivity contribution is 0.282. The van der Waals surface area contributed by atoms with E-state index < -0.39 is 0 Å². The largest absolute Gasteiger partial charge is 0.461 e. The highest BCUT2D eigenvalue weighted by atomic mass is 16.3. The lowest BCUT2D eigenvalue weighted by atomic mass is 10.0. The lowest BCUT2D eigenvalue weighted by Crippen LogP contribution is -2.11. The van der Waals surface area contributed by atoms with Crippen molar-refractivity contribution in [3.05, 3.63) is 75.1 Å². The zero-order valence-corrected chi connectivity index (χ0v) is 18.5. The van der Waals surface area contributed by atoms with Crippen molar-refractivity contribution in [3.63, 3.8) is 0 Å². The summed E-state index contributed by atoms with van der Waals surface area (Å²) in [6.45, 7) is 8.77. The van der Waals surface area contributed by atoms with Crippen LogP contribution in [0, 0.1) is 13.8 Å². The Hall–Kier alpha value is -2.63. The van der Waals surface area contributed by atoms with Gasteiger partial charge in [0.2, 0.25) is 0 Å². The van der Waals surface area contributed by atoms with Crippen molar-refractivity contribution >= 4 is 16.7 Å². The summed E-state index contributed by atoms with van der Waals surface area (Å²) in [6.07, 6.45) is 3.75. The van der Waals surface area contributed by atoms with Gasteiger partial charge < -0.3 is 20.6 Å². The summed E-state index contributed by atoms with van der Waals surface area (Å²) < 4.78 is 5.85. The molecule has 0 aliphatic carbocycles. The highest BCUT2D eigenvalue weighted by Crippen LogP contribution is 2.29. The Bertz CT molecular complexity index is 1010. The maximum absolute atomic E-state index is 12.3. The number of nitrogens with one attached hydrogen (secondary N) is 1. The molecular weight excluding hydrogens is 376 g/mol. The van der Waals surface area contributed by atoms with E-state index in [1.54, 1.807) is 6.92 Å². The molecule has 0 radical (unpaired) electrons. The number of benzene rings is 2. The summed E-state index contributed by atoms with van der Waals surface area (Å²) in [5, 5.41) is 13.5. The standard InChI is InChI=1S/C20H21NO3.C5H13N/c1-12-8-16(20-17(9-12)19(23)10-13(2)24-20)14(3)21-18-7-5-4-6-15(18)11-22;1-2-3-4-5-6/h4-10,14,21-22H,11H2,1-3H3;2-6H2,1H3/t14-;/m1./s1. The predicted octanol–water partition coefficient (Wildman–Crippen LogP) is 5.21. The molecular formula is C25H34N2O3. The molecule has 0 amide bonds. The molecule has 3 rings (SSSR count). The van der Waals surface area contributed by atoms with Crippen molar-refractivity contribution in [1.82, 2.24) is 0 Å². The van der Waals surface area contributed by atoms with Gasteiger partial charge in [0.05, 0.1) is 18.0 Å². The number of hydrogen-bond acceptors (Lipinski definition) is 5. The number of para-hydroxylation sites is 1. The number of fused-ring (bicyclic) bond motifs is 1. The number of nitrogens with two attached hydrogens (primary N) is 1. The monoisotopic (exact) mass is 410 g/mol. The number of hydrogen-bond donors (Lipinski definition) is 3. The van der Waals surface area contributed by atoms with Crippen molar-refractivity contribution in [2.75, 3.05) is 11.9 Å². The topological polar surface area (TPSA) is 88.5 Å². The average molecular weight is 411 g/mol. The van der Waals surface area contributed by atoms with Crippen molar-refractivity contribution < 1.29 is 9.52 Å². The summed E-state index contributed by atoms with van der Waals surface area (Å²) >= 11 is 0. The number of aliphatic hydroxyl groups is 1. The van der Waals surface area contributed by atoms with Gasteiger partial charge in [0.15, 0.2) is 5.43 Å². The molecule has 5 nitrogen and oxygen atoms in total. The summed E-state index contributed by atoms with van der Waals surface area (Å²) in [6, 6.07) is 13.0. The fourth-order valence-corrected chi connectivity index (χ4v) is 3.38. The van der Waals surface area contributed by atoms with Gasteiger partial charge in [-0.25, -0.2) is 0 Å². The normalized spacial score (nSPS) is 11.7. The molecule has 4 N–H and O–H groups in total. The smallest absolute Gasteiger partial charge is 0.192 e. The molecule has 0 spiro atoms. The third-order valence-corrected chi connectivity index (χ3v) is 4.96. The van der Waals surface area contributed by atoms with Crippen LogP contribution >= 0.6 is 0 Å². The van der Waals surface area contributed by atoms with Crippen LogP contribution in [0.5, 0.6) is 0 Å². The Balaban J connectivity index is 0.000000469. The Labute approximate surface area is 178 Å². The Morgan fingerprint density at radius 2 is 1.87 bits per heavy atom. The van der Waals surface area contributed by atoms with Crippen LogP contribution < -0.4 is 16.5 Å². The van der Waals surface area contributed by atoms with Crippen LogP contribution in [0.1, 0.15) is 61.6 Å².